The number of rotatable bonds is 17. The lowest BCUT2D eigenvalue weighted by Gasteiger charge is -2.43. The Balaban J connectivity index is 6.76. The summed E-state index contributed by atoms with van der Waals surface area (Å²) >= 11 is 0. The molecule has 0 aliphatic heterocycles. The number of alkyl halides is 17. The Bertz CT molecular complexity index is 989. The minimum absolute atomic E-state index is 0.00479. The van der Waals surface area contributed by atoms with Gasteiger partial charge in [-0.05, 0) is 12.3 Å². The number of halogens is 17. The van der Waals surface area contributed by atoms with Gasteiger partial charge in [-0.1, -0.05) is 39.5 Å². The van der Waals surface area contributed by atoms with Crippen molar-refractivity contribution in [3.63, 3.8) is 0 Å². The molecule has 2 atom stereocenters. The topological polar surface area (TPSA) is 63.6 Å². The maximum atomic E-state index is 14.5. The van der Waals surface area contributed by atoms with Crippen LogP contribution in [0.5, 0.6) is 0 Å². The molecule has 0 aliphatic carbocycles. The number of aliphatic carboxylic acids is 1. The summed E-state index contributed by atoms with van der Waals surface area (Å²) in [4.78, 5) is 22.2. The van der Waals surface area contributed by atoms with Crippen molar-refractivity contribution in [3.8, 4) is 0 Å². The predicted octanol–water partition coefficient (Wildman–Crippen LogP) is 8.55. The Hall–Kier alpha value is -2.51. The molecule has 0 aromatic rings. The molecule has 21 heteroatoms. The Labute approximate surface area is 231 Å². The van der Waals surface area contributed by atoms with Crippen LogP contribution >= 0.6 is 0 Å². The number of carboxylic acid groups (broad SMARTS) is 1. The van der Waals surface area contributed by atoms with Crippen LogP contribution in [0.3, 0.4) is 0 Å². The summed E-state index contributed by atoms with van der Waals surface area (Å²) in [6, 6.07) is 0. The SMILES string of the molecule is CCCCC(CC)CC(CC(F)(F)C(F)(F)C(F)(F)C(F)(F)C(F)(F)C(F)(F)C(F)(F)C(F)(F)F)OC(=O)/C=C/C(=O)O. The Morgan fingerprint density at radius 2 is 1.09 bits per heavy atom. The molecule has 0 saturated heterocycles. The summed E-state index contributed by atoms with van der Waals surface area (Å²) < 4.78 is 235. The van der Waals surface area contributed by atoms with Gasteiger partial charge in [0, 0.05) is 12.2 Å². The van der Waals surface area contributed by atoms with Crippen LogP contribution in [-0.2, 0) is 14.3 Å². The van der Waals surface area contributed by atoms with Gasteiger partial charge in [0.25, 0.3) is 0 Å². The standard InChI is InChI=1S/C22H23F17O4/c1-3-5-6-11(4-2)9-12(43-14(42)8-7-13(40)41)10-15(23,24)16(25,26)17(27,28)18(29,30)19(31,32)20(33,34)21(35,36)22(37,38)39/h7-8,11-12H,3-6,9-10H2,1-2H3,(H,40,41)/b8-7+. The van der Waals surface area contributed by atoms with Crippen LogP contribution in [0.25, 0.3) is 0 Å². The second-order valence-corrected chi connectivity index (χ2v) is 9.24. The smallest absolute Gasteiger partial charge is 0.460 e. The molecule has 0 amide bonds. The van der Waals surface area contributed by atoms with Gasteiger partial charge in [-0.3, -0.25) is 0 Å². The zero-order valence-corrected chi connectivity index (χ0v) is 21.6. The molecule has 43 heavy (non-hydrogen) atoms. The van der Waals surface area contributed by atoms with Crippen LogP contribution < -0.4 is 0 Å². The largest absolute Gasteiger partial charge is 0.478 e. The molecule has 0 rings (SSSR count). The van der Waals surface area contributed by atoms with Crippen molar-refractivity contribution >= 4 is 11.9 Å². The van der Waals surface area contributed by atoms with Gasteiger partial charge in [-0.15, -0.1) is 0 Å². The van der Waals surface area contributed by atoms with E-state index in [1.54, 1.807) is 6.92 Å². The molecule has 0 aliphatic rings. The molecule has 0 spiro atoms. The molecule has 0 heterocycles. The van der Waals surface area contributed by atoms with Gasteiger partial charge >= 0.3 is 59.6 Å². The van der Waals surface area contributed by atoms with Crippen molar-refractivity contribution in [1.82, 2.24) is 0 Å². The number of ether oxygens (including phenoxy) is 1. The van der Waals surface area contributed by atoms with E-state index in [0.29, 0.717) is 12.8 Å². The predicted molar refractivity (Wildman–Crippen MR) is 110 cm³/mol. The monoisotopic (exact) mass is 674 g/mol. The fourth-order valence-corrected chi connectivity index (χ4v) is 3.48. The van der Waals surface area contributed by atoms with Crippen molar-refractivity contribution < 1.29 is 94.1 Å². The van der Waals surface area contributed by atoms with E-state index in [1.165, 1.54) is 6.92 Å². The highest BCUT2D eigenvalue weighted by Crippen LogP contribution is 2.64. The van der Waals surface area contributed by atoms with Gasteiger partial charge in [0.1, 0.15) is 6.10 Å². The molecule has 0 aromatic heterocycles. The third-order valence-electron chi connectivity index (χ3n) is 6.06. The molecule has 0 saturated carbocycles. The van der Waals surface area contributed by atoms with Gasteiger partial charge < -0.3 is 9.84 Å². The second-order valence-electron chi connectivity index (χ2n) is 9.24. The summed E-state index contributed by atoms with van der Waals surface area (Å²) in [5.74, 6) is -62.1. The molecule has 0 aromatic carbocycles. The first-order valence-electron chi connectivity index (χ1n) is 11.8. The summed E-state index contributed by atoms with van der Waals surface area (Å²) in [6.07, 6.45) is -13.6. The molecule has 0 bridgehead atoms. The molecule has 1 N–H and O–H groups in total. The van der Waals surface area contributed by atoms with Crippen LogP contribution in [0.2, 0.25) is 0 Å². The van der Waals surface area contributed by atoms with Crippen LogP contribution in [-0.4, -0.2) is 70.8 Å². The third-order valence-corrected chi connectivity index (χ3v) is 6.06. The van der Waals surface area contributed by atoms with Gasteiger partial charge in [0.2, 0.25) is 0 Å². The molecule has 0 fully saturated rings. The van der Waals surface area contributed by atoms with E-state index in [-0.39, 0.29) is 25.0 Å². The maximum absolute atomic E-state index is 14.5. The molecular formula is C22H23F17O4. The zero-order chi connectivity index (χ0) is 34.7. The van der Waals surface area contributed by atoms with E-state index in [0.717, 1.165) is 0 Å². The number of carbonyl (C=O) groups is 2. The van der Waals surface area contributed by atoms with Crippen molar-refractivity contribution in [2.45, 2.75) is 106 Å². The Kier molecular flexibility index (Phi) is 12.5. The summed E-state index contributed by atoms with van der Waals surface area (Å²) in [6.45, 7) is 2.98. The van der Waals surface area contributed by atoms with E-state index in [4.69, 9.17) is 5.11 Å². The van der Waals surface area contributed by atoms with Crippen LogP contribution in [0, 0.1) is 5.92 Å². The first-order valence-corrected chi connectivity index (χ1v) is 11.8. The fourth-order valence-electron chi connectivity index (χ4n) is 3.48. The van der Waals surface area contributed by atoms with Gasteiger partial charge in [0.05, 0.1) is 6.42 Å². The second kappa shape index (κ2) is 13.2. The van der Waals surface area contributed by atoms with E-state index in [2.05, 4.69) is 4.74 Å². The highest BCUT2D eigenvalue weighted by Gasteiger charge is 2.95. The summed E-state index contributed by atoms with van der Waals surface area (Å²) in [5.41, 5.74) is 0. The number of carboxylic acids is 1. The minimum Gasteiger partial charge on any atom is -0.478 e. The molecular weight excluding hydrogens is 651 g/mol. The number of unbranched alkanes of at least 4 members (excludes halogenated alkanes) is 1. The normalized spacial score (nSPS) is 16.3. The Morgan fingerprint density at radius 1 is 0.674 bits per heavy atom. The number of hydrogen-bond acceptors (Lipinski definition) is 3. The van der Waals surface area contributed by atoms with E-state index in [9.17, 15) is 84.2 Å². The van der Waals surface area contributed by atoms with Gasteiger partial charge in [-0.25, -0.2) is 9.59 Å². The molecule has 4 nitrogen and oxygen atoms in total. The highest BCUT2D eigenvalue weighted by molar-refractivity contribution is 5.90. The zero-order valence-electron chi connectivity index (χ0n) is 21.6. The summed E-state index contributed by atoms with van der Waals surface area (Å²) in [5, 5.41) is 8.46. The lowest BCUT2D eigenvalue weighted by Crippen LogP contribution is -2.74. The average Bonchev–Trinajstić information content (AvgIpc) is 2.83. The number of carbonyl (C=O) groups excluding carboxylic acids is 1. The maximum Gasteiger partial charge on any atom is 0.460 e. The third kappa shape index (κ3) is 7.78. The van der Waals surface area contributed by atoms with Crippen molar-refractivity contribution in [2.24, 2.45) is 5.92 Å². The van der Waals surface area contributed by atoms with Crippen molar-refractivity contribution in [3.05, 3.63) is 12.2 Å². The number of hydrogen-bond donors (Lipinski definition) is 1. The quantitative estimate of drug-likeness (QED) is 0.0955. The fraction of sp³-hybridized carbons (Fsp3) is 0.818. The highest BCUT2D eigenvalue weighted by atomic mass is 19.4. The van der Waals surface area contributed by atoms with Gasteiger partial charge in [0.15, 0.2) is 0 Å². The lowest BCUT2D eigenvalue weighted by molar-refractivity contribution is -0.462. The minimum atomic E-state index is -8.75. The van der Waals surface area contributed by atoms with Crippen LogP contribution in [0.4, 0.5) is 74.6 Å². The van der Waals surface area contributed by atoms with Crippen molar-refractivity contribution in [2.75, 3.05) is 0 Å². The van der Waals surface area contributed by atoms with Gasteiger partial charge in [-0.2, -0.15) is 74.6 Å². The average molecular weight is 674 g/mol. The molecule has 0 radical (unpaired) electrons. The summed E-state index contributed by atoms with van der Waals surface area (Å²) in [7, 11) is 0. The number of esters is 1. The van der Waals surface area contributed by atoms with E-state index < -0.39 is 84.4 Å². The molecule has 2 unspecified atom stereocenters. The van der Waals surface area contributed by atoms with E-state index in [1.807, 2.05) is 0 Å². The van der Waals surface area contributed by atoms with Crippen molar-refractivity contribution in [1.29, 1.82) is 0 Å². The Morgan fingerprint density at radius 3 is 1.47 bits per heavy atom. The molecule has 254 valence electrons. The van der Waals surface area contributed by atoms with E-state index >= 15 is 0 Å². The first kappa shape index (κ1) is 40.5. The van der Waals surface area contributed by atoms with Crippen LogP contribution in [0.1, 0.15) is 52.4 Å². The lowest BCUT2D eigenvalue weighted by atomic mass is 9.86. The first-order chi connectivity index (χ1) is 18.9. The van der Waals surface area contributed by atoms with Crippen LogP contribution in [0.15, 0.2) is 12.2 Å².